The van der Waals surface area contributed by atoms with Crippen molar-refractivity contribution in [3.8, 4) is 5.69 Å². The molecule has 21 heavy (non-hydrogen) atoms. The van der Waals surface area contributed by atoms with E-state index in [0.29, 0.717) is 22.2 Å². The van der Waals surface area contributed by atoms with Crippen molar-refractivity contribution in [2.75, 3.05) is 0 Å². The van der Waals surface area contributed by atoms with Crippen LogP contribution in [0.25, 0.3) is 16.6 Å². The number of aryl methyl sites for hydroxylation is 2. The monoisotopic (exact) mass is 276 g/mol. The van der Waals surface area contributed by atoms with E-state index >= 15 is 0 Å². The van der Waals surface area contributed by atoms with Gasteiger partial charge in [0.05, 0.1) is 22.2 Å². The fourth-order valence-corrected chi connectivity index (χ4v) is 2.81. The second-order valence-corrected chi connectivity index (χ2v) is 5.45. The van der Waals surface area contributed by atoms with Crippen molar-refractivity contribution in [2.24, 2.45) is 0 Å². The molecule has 0 spiro atoms. The van der Waals surface area contributed by atoms with Crippen LogP contribution in [0.5, 0.6) is 0 Å². The maximum atomic E-state index is 12.8. The van der Waals surface area contributed by atoms with Gasteiger partial charge in [0.1, 0.15) is 0 Å². The first-order valence-corrected chi connectivity index (χ1v) is 6.75. The maximum Gasteiger partial charge on any atom is 0.266 e. The Morgan fingerprint density at radius 1 is 0.952 bits per heavy atom. The van der Waals surface area contributed by atoms with Gasteiger partial charge in [-0.25, -0.2) is 4.98 Å². The lowest BCUT2D eigenvalue weighted by molar-refractivity contribution is 0.103. The molecule has 0 bridgehead atoms. The van der Waals surface area contributed by atoms with E-state index in [0.717, 1.165) is 11.1 Å². The lowest BCUT2D eigenvalue weighted by Gasteiger charge is -2.06. The molecule has 0 fully saturated rings. The first-order valence-electron chi connectivity index (χ1n) is 6.75. The third kappa shape index (κ3) is 1.53. The predicted octanol–water partition coefficient (Wildman–Crippen LogP) is 2.55. The van der Waals surface area contributed by atoms with Gasteiger partial charge in [-0.15, -0.1) is 0 Å². The minimum absolute atomic E-state index is 0.184. The Bertz CT molecular complexity index is 1000. The molecule has 0 saturated heterocycles. The summed E-state index contributed by atoms with van der Waals surface area (Å²) in [5, 5.41) is 0.543. The van der Waals surface area contributed by atoms with Crippen molar-refractivity contribution in [3.05, 3.63) is 69.3 Å². The normalized spacial score (nSPS) is 12.6. The Kier molecular flexibility index (Phi) is 2.22. The van der Waals surface area contributed by atoms with Crippen molar-refractivity contribution in [1.82, 2.24) is 9.55 Å². The van der Waals surface area contributed by atoms with Gasteiger partial charge in [0.2, 0.25) is 5.78 Å². The molecule has 0 radical (unpaired) electrons. The van der Waals surface area contributed by atoms with E-state index in [1.165, 1.54) is 4.57 Å². The number of hydrogen-bond acceptors (Lipinski definition) is 3. The minimum atomic E-state index is -0.190. The smallest absolute Gasteiger partial charge is 0.266 e. The number of rotatable bonds is 0. The topological polar surface area (TPSA) is 52.0 Å². The Hall–Kier alpha value is -2.75. The summed E-state index contributed by atoms with van der Waals surface area (Å²) >= 11 is 0. The molecule has 2 heterocycles. The Balaban J connectivity index is 2.20. The average Bonchev–Trinajstić information content (AvgIpc) is 2.73. The quantitative estimate of drug-likeness (QED) is 0.496. The number of benzene rings is 2. The molecule has 1 aliphatic rings. The Morgan fingerprint density at radius 2 is 1.67 bits per heavy atom. The van der Waals surface area contributed by atoms with Crippen LogP contribution in [0.2, 0.25) is 0 Å². The zero-order valence-corrected chi connectivity index (χ0v) is 11.7. The molecule has 0 saturated carbocycles. The molecule has 4 nitrogen and oxygen atoms in total. The summed E-state index contributed by atoms with van der Waals surface area (Å²) in [5.41, 5.74) is 3.56. The average molecular weight is 276 g/mol. The van der Waals surface area contributed by atoms with Crippen molar-refractivity contribution >= 4 is 16.7 Å². The summed E-state index contributed by atoms with van der Waals surface area (Å²) in [4.78, 5) is 29.6. The molecule has 2 aromatic carbocycles. The number of hydrogen-bond donors (Lipinski definition) is 0. The van der Waals surface area contributed by atoms with Gasteiger partial charge in [-0.3, -0.25) is 14.2 Å². The summed E-state index contributed by atoms with van der Waals surface area (Å²) < 4.78 is 1.44. The summed E-state index contributed by atoms with van der Waals surface area (Å²) in [6, 6.07) is 11.0. The van der Waals surface area contributed by atoms with Crippen LogP contribution in [0.1, 0.15) is 27.3 Å². The molecule has 0 amide bonds. The van der Waals surface area contributed by atoms with Crippen molar-refractivity contribution in [1.29, 1.82) is 0 Å². The van der Waals surface area contributed by atoms with Gasteiger partial charge in [0.25, 0.3) is 5.56 Å². The molecule has 0 atom stereocenters. The fraction of sp³-hybridized carbons (Fsp3) is 0.118. The van der Waals surface area contributed by atoms with E-state index in [1.807, 2.05) is 38.1 Å². The van der Waals surface area contributed by atoms with Gasteiger partial charge in [-0.2, -0.15) is 0 Å². The van der Waals surface area contributed by atoms with E-state index in [-0.39, 0.29) is 17.2 Å². The zero-order valence-electron chi connectivity index (χ0n) is 11.7. The molecule has 4 rings (SSSR count). The van der Waals surface area contributed by atoms with Crippen LogP contribution in [0.15, 0.2) is 41.2 Å². The Labute approximate surface area is 120 Å². The largest absolute Gasteiger partial charge is 0.285 e. The molecular weight excluding hydrogens is 264 g/mol. The minimum Gasteiger partial charge on any atom is -0.285 e. The molecular formula is C17H12N2O2. The third-order valence-electron chi connectivity index (χ3n) is 3.87. The molecule has 4 heteroatoms. The highest BCUT2D eigenvalue weighted by Crippen LogP contribution is 2.27. The van der Waals surface area contributed by atoms with Crippen LogP contribution in [0.3, 0.4) is 0 Å². The van der Waals surface area contributed by atoms with Crippen LogP contribution in [0, 0.1) is 13.8 Å². The lowest BCUT2D eigenvalue weighted by atomic mass is 10.1. The first kappa shape index (κ1) is 12.0. The van der Waals surface area contributed by atoms with E-state index in [9.17, 15) is 9.59 Å². The summed E-state index contributed by atoms with van der Waals surface area (Å²) in [6.07, 6.45) is 0. The fourth-order valence-electron chi connectivity index (χ4n) is 2.81. The van der Waals surface area contributed by atoms with E-state index < -0.39 is 0 Å². The molecule has 3 aromatic rings. The van der Waals surface area contributed by atoms with Gasteiger partial charge < -0.3 is 0 Å². The molecule has 102 valence electrons. The van der Waals surface area contributed by atoms with Gasteiger partial charge in [-0.1, -0.05) is 17.7 Å². The molecule has 0 N–H and O–H groups in total. The molecule has 0 unspecified atom stereocenters. The number of carbonyl (C=O) groups excluding carboxylic acids is 1. The number of nitrogens with zero attached hydrogens (tertiary/aromatic N) is 2. The van der Waals surface area contributed by atoms with Crippen LogP contribution in [0.4, 0.5) is 0 Å². The second-order valence-electron chi connectivity index (χ2n) is 5.45. The van der Waals surface area contributed by atoms with Crippen LogP contribution in [-0.2, 0) is 0 Å². The van der Waals surface area contributed by atoms with Crippen LogP contribution >= 0.6 is 0 Å². The summed E-state index contributed by atoms with van der Waals surface area (Å²) in [7, 11) is 0. The van der Waals surface area contributed by atoms with Crippen LogP contribution in [-0.4, -0.2) is 15.3 Å². The predicted molar refractivity (Wildman–Crippen MR) is 80.2 cm³/mol. The number of fused-ring (bicyclic) bond motifs is 4. The first-order chi connectivity index (χ1) is 10.1. The highest BCUT2D eigenvalue weighted by molar-refractivity contribution is 6.13. The van der Waals surface area contributed by atoms with Crippen molar-refractivity contribution in [2.45, 2.75) is 13.8 Å². The highest BCUT2D eigenvalue weighted by atomic mass is 16.1. The van der Waals surface area contributed by atoms with E-state index in [1.54, 1.807) is 12.1 Å². The van der Waals surface area contributed by atoms with E-state index in [4.69, 9.17) is 0 Å². The van der Waals surface area contributed by atoms with Gasteiger partial charge in [0.15, 0.2) is 5.82 Å². The number of aromatic nitrogens is 2. The summed E-state index contributed by atoms with van der Waals surface area (Å²) in [5.74, 6) is 0.0153. The molecule has 0 aliphatic carbocycles. The second kappa shape index (κ2) is 3.88. The Morgan fingerprint density at radius 3 is 2.48 bits per heavy atom. The van der Waals surface area contributed by atoms with Gasteiger partial charge in [0, 0.05) is 0 Å². The third-order valence-corrected chi connectivity index (χ3v) is 3.87. The van der Waals surface area contributed by atoms with Crippen LogP contribution < -0.4 is 5.56 Å². The zero-order chi connectivity index (χ0) is 14.7. The van der Waals surface area contributed by atoms with Crippen molar-refractivity contribution in [3.63, 3.8) is 0 Å². The summed E-state index contributed by atoms with van der Waals surface area (Å²) in [6.45, 7) is 3.87. The van der Waals surface area contributed by atoms with E-state index in [2.05, 4.69) is 4.98 Å². The maximum absolute atomic E-state index is 12.8. The van der Waals surface area contributed by atoms with Gasteiger partial charge >= 0.3 is 0 Å². The highest BCUT2D eigenvalue weighted by Gasteiger charge is 2.30. The lowest BCUT2D eigenvalue weighted by Crippen LogP contribution is -2.21. The van der Waals surface area contributed by atoms with Gasteiger partial charge in [-0.05, 0) is 43.7 Å². The SMILES string of the molecule is Cc1ccc2c(c1)-n1c(nc3ccc(C)cc3c1=O)C2=O. The number of carbonyl (C=O) groups is 1. The number of ketones is 1. The van der Waals surface area contributed by atoms with Crippen molar-refractivity contribution < 1.29 is 4.79 Å². The molecule has 1 aromatic heterocycles. The standard InChI is InChI=1S/C17H12N2O2/c1-9-4-6-13-12(7-9)17(21)19-14-8-10(2)3-5-11(14)15(20)16(19)18-13/h3-8H,1-2H3. The molecule has 1 aliphatic heterocycles.